The van der Waals surface area contributed by atoms with Gasteiger partial charge in [-0.1, -0.05) is 36.4 Å². The number of carboxylic acid groups (broad SMARTS) is 1. The van der Waals surface area contributed by atoms with E-state index in [0.29, 0.717) is 0 Å². The van der Waals surface area contributed by atoms with E-state index >= 15 is 0 Å². The lowest BCUT2D eigenvalue weighted by Gasteiger charge is -2.04. The summed E-state index contributed by atoms with van der Waals surface area (Å²) >= 11 is 1.72. The lowest BCUT2D eigenvalue weighted by atomic mass is 10.0. The molecule has 0 aliphatic heterocycles. The zero-order valence-corrected chi connectivity index (χ0v) is 14.0. The summed E-state index contributed by atoms with van der Waals surface area (Å²) in [5.41, 5.74) is 6.38. The van der Waals surface area contributed by atoms with E-state index in [1.165, 1.54) is 4.90 Å². The largest absolute Gasteiger partial charge is 0.481 e. The number of carboxylic acids is 1. The number of aliphatic carboxylic acids is 1. The van der Waals surface area contributed by atoms with Gasteiger partial charge in [0.15, 0.2) is 0 Å². The molecule has 0 amide bonds. The molecular formula is C20H18O2S. The van der Waals surface area contributed by atoms with Gasteiger partial charge in [0.2, 0.25) is 0 Å². The fraction of sp³-hybridized carbons (Fsp3) is 0.150. The van der Waals surface area contributed by atoms with Crippen molar-refractivity contribution < 1.29 is 9.90 Å². The summed E-state index contributed by atoms with van der Waals surface area (Å²) in [4.78, 5) is 12.4. The molecule has 1 aliphatic rings. The van der Waals surface area contributed by atoms with Crippen LogP contribution in [0.4, 0.5) is 0 Å². The maximum atomic E-state index is 11.2. The highest BCUT2D eigenvalue weighted by Crippen LogP contribution is 2.43. The van der Waals surface area contributed by atoms with E-state index < -0.39 is 5.97 Å². The van der Waals surface area contributed by atoms with Crippen LogP contribution >= 0.6 is 11.8 Å². The van der Waals surface area contributed by atoms with Crippen LogP contribution in [0.2, 0.25) is 0 Å². The fourth-order valence-corrected chi connectivity index (χ4v) is 3.39. The summed E-state index contributed by atoms with van der Waals surface area (Å²) in [5, 5.41) is 9.19. The molecule has 2 aromatic carbocycles. The van der Waals surface area contributed by atoms with Gasteiger partial charge >= 0.3 is 5.97 Å². The molecule has 2 aromatic rings. The number of rotatable bonds is 4. The maximum Gasteiger partial charge on any atom is 0.307 e. The van der Waals surface area contributed by atoms with E-state index in [4.69, 9.17) is 0 Å². The van der Waals surface area contributed by atoms with E-state index in [9.17, 15) is 9.90 Å². The van der Waals surface area contributed by atoms with Crippen LogP contribution in [0.1, 0.15) is 30.0 Å². The van der Waals surface area contributed by atoms with Crippen LogP contribution < -0.4 is 0 Å². The molecule has 0 unspecified atom stereocenters. The number of allylic oxidation sites excluding steroid dienone is 2. The highest BCUT2D eigenvalue weighted by atomic mass is 32.2. The van der Waals surface area contributed by atoms with Crippen molar-refractivity contribution in [3.05, 3.63) is 70.8 Å². The Morgan fingerprint density at radius 3 is 2.35 bits per heavy atom. The smallest absolute Gasteiger partial charge is 0.307 e. The highest BCUT2D eigenvalue weighted by molar-refractivity contribution is 7.98. The minimum Gasteiger partial charge on any atom is -0.481 e. The minimum absolute atomic E-state index is 0.0611. The molecule has 0 atom stereocenters. The van der Waals surface area contributed by atoms with Crippen LogP contribution in [0.5, 0.6) is 0 Å². The topological polar surface area (TPSA) is 37.3 Å². The molecule has 0 fully saturated rings. The molecule has 0 heterocycles. The van der Waals surface area contributed by atoms with Crippen LogP contribution in [0.3, 0.4) is 0 Å². The van der Waals surface area contributed by atoms with Gasteiger partial charge in [-0.3, -0.25) is 4.79 Å². The van der Waals surface area contributed by atoms with Crippen molar-refractivity contribution in [3.8, 4) is 0 Å². The average molecular weight is 322 g/mol. The van der Waals surface area contributed by atoms with E-state index in [-0.39, 0.29) is 6.42 Å². The molecule has 3 rings (SSSR count). The van der Waals surface area contributed by atoms with Crippen LogP contribution in [0.15, 0.2) is 59.0 Å². The van der Waals surface area contributed by atoms with E-state index in [1.807, 2.05) is 25.1 Å². The van der Waals surface area contributed by atoms with Gasteiger partial charge in [-0.05, 0) is 64.8 Å². The third-order valence-corrected chi connectivity index (χ3v) is 4.90. The molecule has 0 aromatic heterocycles. The lowest BCUT2D eigenvalue weighted by molar-refractivity contribution is -0.135. The SMILES string of the molecule is CSc1ccc(/C=C2/C(C)=C(CC(=O)O)c3ccccc32)cc1. The van der Waals surface area contributed by atoms with Crippen molar-refractivity contribution in [2.24, 2.45) is 0 Å². The number of hydrogen-bond donors (Lipinski definition) is 1. The zero-order chi connectivity index (χ0) is 16.4. The molecule has 0 spiro atoms. The van der Waals surface area contributed by atoms with Crippen LogP contribution in [-0.2, 0) is 4.79 Å². The zero-order valence-electron chi connectivity index (χ0n) is 13.2. The molecule has 0 radical (unpaired) electrons. The molecular weight excluding hydrogens is 304 g/mol. The molecule has 3 heteroatoms. The highest BCUT2D eigenvalue weighted by Gasteiger charge is 2.24. The molecule has 1 N–H and O–H groups in total. The summed E-state index contributed by atoms with van der Waals surface area (Å²) in [7, 11) is 0. The van der Waals surface area contributed by atoms with Crippen LogP contribution in [-0.4, -0.2) is 17.3 Å². The number of hydrogen-bond acceptors (Lipinski definition) is 2. The first-order valence-corrected chi connectivity index (χ1v) is 8.70. The summed E-state index contributed by atoms with van der Waals surface area (Å²) in [5.74, 6) is -0.792. The lowest BCUT2D eigenvalue weighted by Crippen LogP contribution is -1.96. The Hall–Kier alpha value is -2.26. The summed E-state index contributed by atoms with van der Waals surface area (Å²) in [6, 6.07) is 16.5. The second-order valence-electron chi connectivity index (χ2n) is 5.55. The Morgan fingerprint density at radius 2 is 1.74 bits per heavy atom. The predicted octanol–water partition coefficient (Wildman–Crippen LogP) is 5.21. The Bertz CT molecular complexity index is 814. The summed E-state index contributed by atoms with van der Waals surface area (Å²) < 4.78 is 0. The Kier molecular flexibility index (Phi) is 4.39. The molecule has 0 saturated carbocycles. The Labute approximate surface area is 140 Å². The second kappa shape index (κ2) is 6.47. The van der Waals surface area contributed by atoms with Crippen molar-refractivity contribution in [2.45, 2.75) is 18.2 Å². The number of benzene rings is 2. The van der Waals surface area contributed by atoms with Crippen LogP contribution in [0.25, 0.3) is 17.2 Å². The molecule has 2 nitrogen and oxygen atoms in total. The van der Waals surface area contributed by atoms with Gasteiger partial charge in [-0.15, -0.1) is 11.8 Å². The van der Waals surface area contributed by atoms with Crippen molar-refractivity contribution in [1.29, 1.82) is 0 Å². The minimum atomic E-state index is -0.792. The summed E-state index contributed by atoms with van der Waals surface area (Å²) in [6.45, 7) is 2.01. The molecule has 1 aliphatic carbocycles. The third kappa shape index (κ3) is 3.10. The first-order chi connectivity index (χ1) is 11.1. The van der Waals surface area contributed by atoms with Gasteiger partial charge in [0.1, 0.15) is 0 Å². The normalized spacial score (nSPS) is 15.1. The predicted molar refractivity (Wildman–Crippen MR) is 97.4 cm³/mol. The maximum absolute atomic E-state index is 11.2. The molecule has 116 valence electrons. The fourth-order valence-electron chi connectivity index (χ4n) is 2.98. The Morgan fingerprint density at radius 1 is 1.09 bits per heavy atom. The number of carbonyl (C=O) groups is 1. The van der Waals surface area contributed by atoms with Crippen molar-refractivity contribution in [2.75, 3.05) is 6.26 Å². The number of thioether (sulfide) groups is 1. The van der Waals surface area contributed by atoms with Crippen molar-refractivity contribution in [1.82, 2.24) is 0 Å². The van der Waals surface area contributed by atoms with Crippen molar-refractivity contribution in [3.63, 3.8) is 0 Å². The number of fused-ring (bicyclic) bond motifs is 1. The van der Waals surface area contributed by atoms with E-state index in [1.54, 1.807) is 11.8 Å². The van der Waals surface area contributed by atoms with E-state index in [2.05, 4.69) is 42.7 Å². The van der Waals surface area contributed by atoms with Gasteiger partial charge in [-0.2, -0.15) is 0 Å². The third-order valence-electron chi connectivity index (χ3n) is 4.15. The quantitative estimate of drug-likeness (QED) is 0.785. The molecule has 0 bridgehead atoms. The van der Waals surface area contributed by atoms with Gasteiger partial charge < -0.3 is 5.11 Å². The van der Waals surface area contributed by atoms with E-state index in [0.717, 1.165) is 33.4 Å². The molecule has 23 heavy (non-hydrogen) atoms. The van der Waals surface area contributed by atoms with Gasteiger partial charge in [0, 0.05) is 4.90 Å². The standard InChI is InChI=1S/C20H18O2S/c1-13-18(11-14-7-9-15(23-2)10-8-14)16-5-3-4-6-17(16)19(13)12-20(21)22/h3-11H,12H2,1-2H3,(H,21,22)/b18-11-. The molecule has 0 saturated heterocycles. The van der Waals surface area contributed by atoms with Crippen molar-refractivity contribution >= 4 is 35.0 Å². The Balaban J connectivity index is 2.08. The second-order valence-corrected chi connectivity index (χ2v) is 6.43. The first kappa shape index (κ1) is 15.6. The van der Waals surface area contributed by atoms with Crippen LogP contribution in [0, 0.1) is 0 Å². The first-order valence-electron chi connectivity index (χ1n) is 7.47. The average Bonchev–Trinajstić information content (AvgIpc) is 2.81. The van der Waals surface area contributed by atoms with Gasteiger partial charge in [0.25, 0.3) is 0 Å². The monoisotopic (exact) mass is 322 g/mol. The van der Waals surface area contributed by atoms with Gasteiger partial charge in [0.05, 0.1) is 6.42 Å². The summed E-state index contributed by atoms with van der Waals surface area (Å²) in [6.07, 6.45) is 4.27. The van der Waals surface area contributed by atoms with Gasteiger partial charge in [-0.25, -0.2) is 0 Å².